The van der Waals surface area contributed by atoms with Gasteiger partial charge in [0.2, 0.25) is 0 Å². The Hall–Kier alpha value is -8.18. The van der Waals surface area contributed by atoms with Crippen molar-refractivity contribution >= 4 is 92.4 Å². The predicted molar refractivity (Wildman–Crippen MR) is 270 cm³/mol. The number of rotatable bonds is 7. The van der Waals surface area contributed by atoms with E-state index in [4.69, 9.17) is 8.83 Å². The summed E-state index contributed by atoms with van der Waals surface area (Å²) in [6, 6.07) is 80.4. The van der Waals surface area contributed by atoms with Crippen molar-refractivity contribution in [1.29, 1.82) is 0 Å². The van der Waals surface area contributed by atoms with Gasteiger partial charge >= 0.3 is 0 Å². The average molecular weight is 836 g/mol. The Balaban J connectivity index is 1.15. The fraction of sp³-hybridized carbons (Fsp3) is 0. The van der Waals surface area contributed by atoms with Crippen LogP contribution in [-0.2, 0) is 0 Å². The van der Waals surface area contributed by atoms with Crippen molar-refractivity contribution in [2.45, 2.75) is 0 Å². The molecule has 13 rings (SSSR count). The first-order chi connectivity index (χ1) is 31.7. The highest BCUT2D eigenvalue weighted by Gasteiger charge is 2.26. The lowest BCUT2D eigenvalue weighted by molar-refractivity contribution is 0.669. The van der Waals surface area contributed by atoms with Crippen LogP contribution in [0.25, 0.3) is 109 Å². The van der Waals surface area contributed by atoms with E-state index < -0.39 is 0 Å². The van der Waals surface area contributed by atoms with Gasteiger partial charge in [-0.3, -0.25) is 0 Å². The molecule has 0 fully saturated rings. The fourth-order valence-electron chi connectivity index (χ4n) is 9.63. The van der Waals surface area contributed by atoms with Gasteiger partial charge in [0.1, 0.15) is 22.3 Å². The molecule has 13 aromatic rings. The van der Waals surface area contributed by atoms with Crippen LogP contribution in [-0.4, -0.2) is 0 Å². The number of para-hydroxylation sites is 1. The minimum atomic E-state index is 0.825. The van der Waals surface area contributed by atoms with Crippen LogP contribution >= 0.6 is 11.3 Å². The van der Waals surface area contributed by atoms with Crippen molar-refractivity contribution in [3.05, 3.63) is 224 Å². The molecule has 0 aliphatic heterocycles. The predicted octanol–water partition coefficient (Wildman–Crippen LogP) is 18.0. The van der Waals surface area contributed by atoms with Crippen LogP contribution < -0.4 is 4.90 Å². The SMILES string of the molecule is c1ccc(-c2ccc3c(c2)oc2cc(-c4ccccc4)cc(N(c4ccc5c(c4)oc4ccccc45)c4ccc(-c5ccccc5)c5sc6cc(-c7ccccc7)ccc6c45)c23)cc1. The van der Waals surface area contributed by atoms with Gasteiger partial charge in [0, 0.05) is 48.1 Å². The van der Waals surface area contributed by atoms with E-state index in [9.17, 15) is 0 Å². The minimum Gasteiger partial charge on any atom is -0.456 e. The normalized spacial score (nSPS) is 11.8. The molecule has 10 aromatic carbocycles. The van der Waals surface area contributed by atoms with Gasteiger partial charge in [-0.05, 0) is 99.1 Å². The number of hydrogen-bond donors (Lipinski definition) is 0. The number of fused-ring (bicyclic) bond motifs is 9. The number of hydrogen-bond acceptors (Lipinski definition) is 4. The molecular formula is C60H37NO2S. The molecule has 0 spiro atoms. The number of benzene rings is 10. The maximum Gasteiger partial charge on any atom is 0.138 e. The Morgan fingerprint density at radius 3 is 1.58 bits per heavy atom. The lowest BCUT2D eigenvalue weighted by Gasteiger charge is -2.28. The molecule has 300 valence electrons. The van der Waals surface area contributed by atoms with Gasteiger partial charge in [0.05, 0.1) is 16.8 Å². The number of nitrogens with zero attached hydrogens (tertiary/aromatic N) is 1. The maximum absolute atomic E-state index is 6.98. The summed E-state index contributed by atoms with van der Waals surface area (Å²) in [5.74, 6) is 0. The fourth-order valence-corrected chi connectivity index (χ4v) is 10.9. The molecule has 3 aromatic heterocycles. The zero-order chi connectivity index (χ0) is 42.1. The molecule has 64 heavy (non-hydrogen) atoms. The third kappa shape index (κ3) is 5.95. The highest BCUT2D eigenvalue weighted by molar-refractivity contribution is 7.26. The van der Waals surface area contributed by atoms with Crippen LogP contribution in [0.1, 0.15) is 0 Å². The zero-order valence-corrected chi connectivity index (χ0v) is 35.4. The van der Waals surface area contributed by atoms with E-state index in [-0.39, 0.29) is 0 Å². The first-order valence-electron chi connectivity index (χ1n) is 21.6. The van der Waals surface area contributed by atoms with E-state index in [0.717, 1.165) is 83.2 Å². The van der Waals surface area contributed by atoms with Crippen LogP contribution in [0.4, 0.5) is 17.1 Å². The van der Waals surface area contributed by atoms with E-state index in [1.165, 1.54) is 42.4 Å². The highest BCUT2D eigenvalue weighted by Crippen LogP contribution is 2.52. The van der Waals surface area contributed by atoms with Gasteiger partial charge in [-0.1, -0.05) is 164 Å². The largest absolute Gasteiger partial charge is 0.456 e. The molecule has 3 nitrogen and oxygen atoms in total. The van der Waals surface area contributed by atoms with Crippen molar-refractivity contribution in [2.24, 2.45) is 0 Å². The molecule has 0 aliphatic carbocycles. The van der Waals surface area contributed by atoms with Gasteiger partial charge in [0.15, 0.2) is 0 Å². The molecule has 0 bridgehead atoms. The summed E-state index contributed by atoms with van der Waals surface area (Å²) in [6.07, 6.45) is 0. The van der Waals surface area contributed by atoms with Gasteiger partial charge < -0.3 is 13.7 Å². The van der Waals surface area contributed by atoms with Crippen molar-refractivity contribution in [3.63, 3.8) is 0 Å². The Labute approximate surface area is 373 Å². The van der Waals surface area contributed by atoms with E-state index >= 15 is 0 Å². The summed E-state index contributed by atoms with van der Waals surface area (Å²) in [6.45, 7) is 0. The van der Waals surface area contributed by atoms with Gasteiger partial charge in [-0.25, -0.2) is 0 Å². The first kappa shape index (κ1) is 36.5. The topological polar surface area (TPSA) is 29.5 Å². The quantitative estimate of drug-likeness (QED) is 0.160. The second kappa shape index (κ2) is 14.7. The van der Waals surface area contributed by atoms with Crippen LogP contribution in [0.5, 0.6) is 0 Å². The molecule has 4 heteroatoms. The molecule has 0 N–H and O–H groups in total. The second-order valence-electron chi connectivity index (χ2n) is 16.4. The summed E-state index contributed by atoms with van der Waals surface area (Å²) in [5.41, 5.74) is 15.7. The van der Waals surface area contributed by atoms with Crippen molar-refractivity contribution in [2.75, 3.05) is 4.90 Å². The average Bonchev–Trinajstić information content (AvgIpc) is 4.06. The van der Waals surface area contributed by atoms with Crippen LogP contribution in [0.3, 0.4) is 0 Å². The molecule has 0 atom stereocenters. The number of anilines is 3. The van der Waals surface area contributed by atoms with E-state index in [1.807, 2.05) is 23.5 Å². The number of thiophene rings is 1. The summed E-state index contributed by atoms with van der Waals surface area (Å²) >= 11 is 1.86. The molecule has 0 aliphatic rings. The highest BCUT2D eigenvalue weighted by atomic mass is 32.1. The van der Waals surface area contributed by atoms with Crippen molar-refractivity contribution < 1.29 is 8.83 Å². The summed E-state index contributed by atoms with van der Waals surface area (Å²) in [7, 11) is 0. The maximum atomic E-state index is 6.98. The first-order valence-corrected chi connectivity index (χ1v) is 22.5. The standard InChI is InChI=1S/C60H37NO2S/c1-5-15-38(16-6-1)42-25-28-49-54(34-42)63-56-35-44(40-19-9-3-10-20-40)33-52(58(49)56)61(45-27-30-48-47-23-13-14-24-53(47)62-55(48)37-45)51-32-31-46(41-21-11-4-12-22-41)60-59(51)50-29-26-43(36-57(50)64-60)39-17-7-2-8-18-39/h1-37H. The van der Waals surface area contributed by atoms with Crippen LogP contribution in [0.15, 0.2) is 233 Å². The molecule has 0 radical (unpaired) electrons. The monoisotopic (exact) mass is 835 g/mol. The van der Waals surface area contributed by atoms with Gasteiger partial charge in [-0.15, -0.1) is 11.3 Å². The molecule has 0 saturated carbocycles. The molecule has 0 saturated heterocycles. The van der Waals surface area contributed by atoms with Crippen molar-refractivity contribution in [1.82, 2.24) is 0 Å². The van der Waals surface area contributed by atoms with Gasteiger partial charge in [-0.2, -0.15) is 0 Å². The van der Waals surface area contributed by atoms with Crippen molar-refractivity contribution in [3.8, 4) is 44.5 Å². The Bertz CT molecular complexity index is 3890. The summed E-state index contributed by atoms with van der Waals surface area (Å²) < 4.78 is 16.1. The third-order valence-corrected chi connectivity index (χ3v) is 13.8. The molecular weight excluding hydrogens is 799 g/mol. The third-order valence-electron chi connectivity index (χ3n) is 12.7. The lowest BCUT2D eigenvalue weighted by atomic mass is 9.97. The minimum absolute atomic E-state index is 0.825. The second-order valence-corrected chi connectivity index (χ2v) is 17.5. The Morgan fingerprint density at radius 2 is 0.859 bits per heavy atom. The van der Waals surface area contributed by atoms with E-state index in [0.29, 0.717) is 0 Å². The van der Waals surface area contributed by atoms with Gasteiger partial charge in [0.25, 0.3) is 0 Å². The lowest BCUT2D eigenvalue weighted by Crippen LogP contribution is -2.11. The smallest absolute Gasteiger partial charge is 0.138 e. The summed E-state index contributed by atoms with van der Waals surface area (Å²) in [4.78, 5) is 2.45. The summed E-state index contributed by atoms with van der Waals surface area (Å²) in [5, 5.41) is 6.70. The van der Waals surface area contributed by atoms with E-state index in [2.05, 4.69) is 217 Å². The molecule has 0 unspecified atom stereocenters. The van der Waals surface area contributed by atoms with Crippen LogP contribution in [0.2, 0.25) is 0 Å². The Kier molecular flexibility index (Phi) is 8.40. The molecule has 3 heterocycles. The van der Waals surface area contributed by atoms with Crippen LogP contribution in [0, 0.1) is 0 Å². The van der Waals surface area contributed by atoms with E-state index in [1.54, 1.807) is 0 Å². The zero-order valence-electron chi connectivity index (χ0n) is 34.5. The molecule has 0 amide bonds. The Morgan fingerprint density at radius 1 is 0.312 bits per heavy atom. The number of furan rings is 2.